The molecule has 2 aromatic rings. The van der Waals surface area contributed by atoms with Crippen molar-refractivity contribution < 1.29 is 19.1 Å². The lowest BCUT2D eigenvalue weighted by Crippen LogP contribution is -2.32. The third-order valence-corrected chi connectivity index (χ3v) is 5.29. The van der Waals surface area contributed by atoms with E-state index in [9.17, 15) is 9.59 Å². The fraction of sp³-hybridized carbons (Fsp3) is 0.304. The molecule has 0 unspecified atom stereocenters. The van der Waals surface area contributed by atoms with E-state index in [1.54, 1.807) is 39.0 Å². The van der Waals surface area contributed by atoms with Crippen LogP contribution in [-0.2, 0) is 31.1 Å². The van der Waals surface area contributed by atoms with Crippen molar-refractivity contribution in [1.29, 1.82) is 0 Å². The molecule has 0 spiro atoms. The third-order valence-electron chi connectivity index (χ3n) is 4.55. The maximum absolute atomic E-state index is 13.0. The first-order chi connectivity index (χ1) is 13.6. The first-order valence-electron chi connectivity index (χ1n) is 9.22. The molecule has 6 heteroatoms. The Hall–Kier alpha value is -2.30. The number of hydrogen-bond acceptors (Lipinski definition) is 4. The maximum atomic E-state index is 13.0. The van der Waals surface area contributed by atoms with Crippen molar-refractivity contribution in [2.24, 2.45) is 0 Å². The van der Waals surface area contributed by atoms with Crippen molar-refractivity contribution in [3.63, 3.8) is 0 Å². The van der Waals surface area contributed by atoms with E-state index in [-0.39, 0.29) is 6.61 Å². The highest BCUT2D eigenvalue weighted by atomic mass is 35.5. The molecule has 0 bridgehead atoms. The Kier molecular flexibility index (Phi) is 6.06. The van der Waals surface area contributed by atoms with E-state index in [0.29, 0.717) is 27.6 Å². The smallest absolute Gasteiger partial charge is 0.331 e. The van der Waals surface area contributed by atoms with Gasteiger partial charge in [-0.1, -0.05) is 59.6 Å². The van der Waals surface area contributed by atoms with Crippen LogP contribution in [0.4, 0.5) is 0 Å². The molecule has 0 aliphatic heterocycles. The zero-order chi connectivity index (χ0) is 21.2. The molecule has 1 fully saturated rings. The summed E-state index contributed by atoms with van der Waals surface area (Å²) in [7, 11) is 0. The van der Waals surface area contributed by atoms with Crippen molar-refractivity contribution in [1.82, 2.24) is 0 Å². The number of benzene rings is 2. The van der Waals surface area contributed by atoms with E-state index in [1.165, 1.54) is 6.08 Å². The van der Waals surface area contributed by atoms with Crippen molar-refractivity contribution >= 4 is 35.1 Å². The van der Waals surface area contributed by atoms with Crippen LogP contribution in [0.3, 0.4) is 0 Å². The summed E-state index contributed by atoms with van der Waals surface area (Å²) in [6, 6.07) is 14.4. The first-order valence-corrected chi connectivity index (χ1v) is 9.98. The van der Waals surface area contributed by atoms with Gasteiger partial charge in [-0.25, -0.2) is 4.79 Å². The minimum Gasteiger partial charge on any atom is -0.459 e. The second-order valence-corrected chi connectivity index (χ2v) is 8.79. The summed E-state index contributed by atoms with van der Waals surface area (Å²) in [5.41, 5.74) is 0.444. The van der Waals surface area contributed by atoms with Gasteiger partial charge in [0.25, 0.3) is 0 Å². The van der Waals surface area contributed by atoms with Gasteiger partial charge < -0.3 is 9.47 Å². The summed E-state index contributed by atoms with van der Waals surface area (Å²) in [5.74, 6) is -0.931. The summed E-state index contributed by atoms with van der Waals surface area (Å²) in [4.78, 5) is 25.3. The van der Waals surface area contributed by atoms with Gasteiger partial charge in [-0.3, -0.25) is 4.79 Å². The minimum atomic E-state index is -1.05. The lowest BCUT2D eigenvalue weighted by atomic mass is 9.94. The first kappa shape index (κ1) is 21.4. The predicted molar refractivity (Wildman–Crippen MR) is 113 cm³/mol. The van der Waals surface area contributed by atoms with Crippen LogP contribution in [0, 0.1) is 0 Å². The molecule has 1 aliphatic carbocycles. The molecule has 0 saturated heterocycles. The van der Waals surface area contributed by atoms with Crippen LogP contribution in [0.1, 0.15) is 38.3 Å². The van der Waals surface area contributed by atoms with Crippen LogP contribution in [0.15, 0.2) is 60.2 Å². The highest BCUT2D eigenvalue weighted by Crippen LogP contribution is 2.56. The summed E-state index contributed by atoms with van der Waals surface area (Å²) in [5, 5.41) is 0.730. The van der Waals surface area contributed by atoms with Crippen LogP contribution in [0.25, 0.3) is 0 Å². The molecular formula is C23H22Cl2O4. The van der Waals surface area contributed by atoms with Gasteiger partial charge in [-0.05, 0) is 56.0 Å². The Labute approximate surface area is 180 Å². The van der Waals surface area contributed by atoms with Gasteiger partial charge >= 0.3 is 11.9 Å². The van der Waals surface area contributed by atoms with E-state index in [2.05, 4.69) is 0 Å². The Morgan fingerprint density at radius 2 is 1.76 bits per heavy atom. The van der Waals surface area contributed by atoms with Crippen LogP contribution >= 0.6 is 23.2 Å². The number of carbonyl (C=O) groups is 2. The number of esters is 2. The van der Waals surface area contributed by atoms with E-state index in [4.69, 9.17) is 32.7 Å². The number of carbonyl (C=O) groups excluding carboxylic acids is 2. The summed E-state index contributed by atoms with van der Waals surface area (Å²) < 4.78 is 10.9. The van der Waals surface area contributed by atoms with Crippen LogP contribution in [-0.4, -0.2) is 17.5 Å². The Morgan fingerprint density at radius 1 is 1.07 bits per heavy atom. The molecule has 0 amide bonds. The van der Waals surface area contributed by atoms with E-state index in [0.717, 1.165) is 5.56 Å². The van der Waals surface area contributed by atoms with Gasteiger partial charge in [-0.2, -0.15) is 0 Å². The molecule has 1 saturated carbocycles. The molecule has 152 valence electrons. The average molecular weight is 433 g/mol. The fourth-order valence-electron chi connectivity index (χ4n) is 3.06. The monoisotopic (exact) mass is 432 g/mol. The number of halogens is 2. The molecule has 29 heavy (non-hydrogen) atoms. The Bertz CT molecular complexity index is 961. The normalized spacial score (nSPS) is 19.7. The lowest BCUT2D eigenvalue weighted by Gasteiger charge is -2.24. The van der Waals surface area contributed by atoms with Crippen LogP contribution < -0.4 is 0 Å². The van der Waals surface area contributed by atoms with Crippen molar-refractivity contribution in [2.75, 3.05) is 0 Å². The molecule has 3 rings (SSSR count). The maximum Gasteiger partial charge on any atom is 0.331 e. The topological polar surface area (TPSA) is 52.6 Å². The van der Waals surface area contributed by atoms with Crippen molar-refractivity contribution in [2.45, 2.75) is 44.8 Å². The molecule has 0 aromatic heterocycles. The summed E-state index contributed by atoms with van der Waals surface area (Å²) >= 11 is 12.2. The summed E-state index contributed by atoms with van der Waals surface area (Å²) in [6.07, 6.45) is 1.73. The highest BCUT2D eigenvalue weighted by molar-refractivity contribution is 6.42. The van der Waals surface area contributed by atoms with E-state index < -0.39 is 23.0 Å². The van der Waals surface area contributed by atoms with Gasteiger partial charge in [-0.15, -0.1) is 0 Å². The number of hydrogen-bond donors (Lipinski definition) is 0. The molecule has 0 radical (unpaired) electrons. The number of rotatable bonds is 5. The molecule has 0 heterocycles. The fourth-order valence-corrected chi connectivity index (χ4v) is 3.36. The Morgan fingerprint density at radius 3 is 2.38 bits per heavy atom. The van der Waals surface area contributed by atoms with Gasteiger partial charge in [0.1, 0.15) is 17.6 Å². The largest absolute Gasteiger partial charge is 0.459 e. The zero-order valence-corrected chi connectivity index (χ0v) is 18.0. The van der Waals surface area contributed by atoms with Gasteiger partial charge in [0.15, 0.2) is 0 Å². The van der Waals surface area contributed by atoms with E-state index in [1.807, 2.05) is 30.3 Å². The molecule has 2 aromatic carbocycles. The van der Waals surface area contributed by atoms with Crippen molar-refractivity contribution in [3.8, 4) is 0 Å². The van der Waals surface area contributed by atoms with Crippen molar-refractivity contribution in [3.05, 3.63) is 81.4 Å². The quantitative estimate of drug-likeness (QED) is 0.452. The SMILES string of the molecule is CC(C)(C)OC(=O)[C@]1(c2ccc(Cl)c(Cl)c2)C/C1=C\C(=O)OCc1ccccc1. The van der Waals surface area contributed by atoms with Gasteiger partial charge in [0, 0.05) is 6.08 Å². The lowest BCUT2D eigenvalue weighted by molar-refractivity contribution is -0.157. The van der Waals surface area contributed by atoms with Crippen LogP contribution in [0.2, 0.25) is 10.0 Å². The number of ether oxygens (including phenoxy) is 2. The van der Waals surface area contributed by atoms with Gasteiger partial charge in [0.2, 0.25) is 0 Å². The standard InChI is InChI=1S/C23H22Cl2O4/c1-22(2,3)29-21(27)23(16-9-10-18(24)19(25)11-16)13-17(23)12-20(26)28-14-15-7-5-4-6-8-15/h4-12H,13-14H2,1-3H3/b17-12+/t23-/m0/s1. The molecular weight excluding hydrogens is 411 g/mol. The van der Waals surface area contributed by atoms with E-state index >= 15 is 0 Å². The zero-order valence-electron chi connectivity index (χ0n) is 16.5. The van der Waals surface area contributed by atoms with Crippen LogP contribution in [0.5, 0.6) is 0 Å². The third kappa shape index (κ3) is 5.01. The average Bonchev–Trinajstić information content (AvgIpc) is 3.37. The second kappa shape index (κ2) is 8.21. The molecule has 4 nitrogen and oxygen atoms in total. The predicted octanol–water partition coefficient (Wildman–Crippen LogP) is 5.65. The molecule has 1 aliphatic rings. The van der Waals surface area contributed by atoms with Gasteiger partial charge in [0.05, 0.1) is 10.0 Å². The summed E-state index contributed by atoms with van der Waals surface area (Å²) in [6.45, 7) is 5.56. The highest BCUT2D eigenvalue weighted by Gasteiger charge is 2.59. The molecule has 0 N–H and O–H groups in total. The second-order valence-electron chi connectivity index (χ2n) is 7.98. The Balaban J connectivity index is 1.84. The minimum absolute atomic E-state index is 0.162. The molecule has 1 atom stereocenters.